The van der Waals surface area contributed by atoms with Crippen molar-refractivity contribution in [3.05, 3.63) is 65.4 Å². The fourth-order valence-corrected chi connectivity index (χ4v) is 3.14. The highest BCUT2D eigenvalue weighted by Crippen LogP contribution is 2.34. The van der Waals surface area contributed by atoms with Crippen LogP contribution < -0.4 is 9.75 Å². The molecule has 0 amide bonds. The van der Waals surface area contributed by atoms with Crippen molar-refractivity contribution in [3.63, 3.8) is 0 Å². The number of hydrogen-bond acceptors (Lipinski definition) is 5. The fourth-order valence-electron chi connectivity index (χ4n) is 2.94. The van der Waals surface area contributed by atoms with E-state index in [1.807, 2.05) is 60.0 Å². The molecule has 4 rings (SSSR count). The number of hydrogen-bond donors (Lipinski definition) is 1. The summed E-state index contributed by atoms with van der Waals surface area (Å²) in [6.07, 6.45) is 5.45. The Morgan fingerprint density at radius 2 is 2.12 bits per heavy atom. The van der Waals surface area contributed by atoms with Crippen LogP contribution in [0.1, 0.15) is 5.56 Å². The van der Waals surface area contributed by atoms with Gasteiger partial charge in [-0.25, -0.2) is 5.01 Å². The number of nitrogens with zero attached hydrogens (tertiary/aromatic N) is 4. The first-order valence-corrected chi connectivity index (χ1v) is 8.58. The van der Waals surface area contributed by atoms with E-state index in [2.05, 4.69) is 20.2 Å². The second-order valence-electron chi connectivity index (χ2n) is 5.98. The van der Waals surface area contributed by atoms with Gasteiger partial charge in [0.2, 0.25) is 0 Å². The van der Waals surface area contributed by atoms with Crippen molar-refractivity contribution < 1.29 is 4.74 Å². The Labute approximate surface area is 156 Å². The molecule has 132 valence electrons. The summed E-state index contributed by atoms with van der Waals surface area (Å²) in [5, 5.41) is 14.0. The maximum absolute atomic E-state index is 6.25. The molecule has 2 aromatic carbocycles. The van der Waals surface area contributed by atoms with E-state index >= 15 is 0 Å². The molecule has 1 aromatic heterocycles. The van der Waals surface area contributed by atoms with Gasteiger partial charge in [-0.15, -0.1) is 0 Å². The number of hydrazone groups is 1. The standard InChI is InChI=1S/C19H18ClN5O/c1-26-19-8-16(6-7-17(19)15-9-21-22-10-15)25-13-24(12-23-25)11-14-4-2-3-5-18(14)20/h2-10,12H,11,13H2,1H3,(H,21,22). The monoisotopic (exact) mass is 367 g/mol. The molecular weight excluding hydrogens is 350 g/mol. The minimum atomic E-state index is 0.652. The van der Waals surface area contributed by atoms with Gasteiger partial charge in [-0.2, -0.15) is 10.2 Å². The van der Waals surface area contributed by atoms with E-state index in [9.17, 15) is 0 Å². The van der Waals surface area contributed by atoms with Crippen molar-refractivity contribution >= 4 is 23.6 Å². The second kappa shape index (κ2) is 7.09. The Bertz CT molecular complexity index is 925. The lowest BCUT2D eigenvalue weighted by molar-refractivity contribution is 0.416. The maximum Gasteiger partial charge on any atom is 0.128 e. The SMILES string of the molecule is COc1cc(N2CN(Cc3ccccc3Cl)C=N2)ccc1-c1cn[nH]c1. The van der Waals surface area contributed by atoms with Crippen molar-refractivity contribution in [3.8, 4) is 16.9 Å². The highest BCUT2D eigenvalue weighted by Gasteiger charge is 2.18. The number of nitrogens with one attached hydrogen (secondary N) is 1. The summed E-state index contributed by atoms with van der Waals surface area (Å²) in [7, 11) is 1.67. The molecule has 0 fully saturated rings. The van der Waals surface area contributed by atoms with Crippen molar-refractivity contribution in [2.75, 3.05) is 18.8 Å². The van der Waals surface area contributed by atoms with Gasteiger partial charge in [0.05, 0.1) is 19.0 Å². The molecule has 0 saturated heterocycles. The zero-order valence-corrected chi connectivity index (χ0v) is 15.0. The van der Waals surface area contributed by atoms with Gasteiger partial charge in [0.25, 0.3) is 0 Å². The molecule has 0 spiro atoms. The minimum Gasteiger partial charge on any atom is -0.496 e. The zero-order chi connectivity index (χ0) is 17.9. The third-order valence-electron chi connectivity index (χ3n) is 4.29. The lowest BCUT2D eigenvalue weighted by atomic mass is 10.1. The van der Waals surface area contributed by atoms with Crippen LogP contribution in [-0.4, -0.2) is 35.2 Å². The Hall–Kier alpha value is -2.99. The smallest absolute Gasteiger partial charge is 0.128 e. The van der Waals surface area contributed by atoms with Crippen molar-refractivity contribution in [1.82, 2.24) is 15.1 Å². The number of halogens is 1. The third kappa shape index (κ3) is 3.23. The fraction of sp³-hybridized carbons (Fsp3) is 0.158. The number of rotatable bonds is 5. The van der Waals surface area contributed by atoms with Crippen LogP contribution in [0.4, 0.5) is 5.69 Å². The Balaban J connectivity index is 1.51. The molecule has 1 N–H and O–H groups in total. The number of aromatic nitrogens is 2. The summed E-state index contributed by atoms with van der Waals surface area (Å²) in [6, 6.07) is 13.9. The minimum absolute atomic E-state index is 0.652. The van der Waals surface area contributed by atoms with Gasteiger partial charge in [-0.3, -0.25) is 5.10 Å². The Morgan fingerprint density at radius 1 is 1.23 bits per heavy atom. The molecule has 0 radical (unpaired) electrons. The molecule has 1 aliphatic rings. The largest absolute Gasteiger partial charge is 0.496 e. The molecule has 3 aromatic rings. The van der Waals surface area contributed by atoms with E-state index in [4.69, 9.17) is 16.3 Å². The highest BCUT2D eigenvalue weighted by atomic mass is 35.5. The quantitative estimate of drug-likeness (QED) is 0.741. The lowest BCUT2D eigenvalue weighted by Crippen LogP contribution is -2.26. The zero-order valence-electron chi connectivity index (χ0n) is 14.3. The molecule has 0 saturated carbocycles. The number of anilines is 1. The van der Waals surface area contributed by atoms with Crippen molar-refractivity contribution in [1.29, 1.82) is 0 Å². The normalized spacial score (nSPS) is 13.5. The van der Waals surface area contributed by atoms with Gasteiger partial charge in [0.15, 0.2) is 0 Å². The van der Waals surface area contributed by atoms with Crippen LogP contribution in [0.3, 0.4) is 0 Å². The summed E-state index contributed by atoms with van der Waals surface area (Å²) in [4.78, 5) is 2.11. The van der Waals surface area contributed by atoms with E-state index in [1.54, 1.807) is 13.3 Å². The molecule has 1 aliphatic heterocycles. The van der Waals surface area contributed by atoms with Gasteiger partial charge in [-0.05, 0) is 23.8 Å². The molecule has 2 heterocycles. The number of aromatic amines is 1. The van der Waals surface area contributed by atoms with Gasteiger partial charge >= 0.3 is 0 Å². The number of methoxy groups -OCH3 is 1. The lowest BCUT2D eigenvalue weighted by Gasteiger charge is -2.20. The first-order chi connectivity index (χ1) is 12.7. The number of benzene rings is 2. The molecule has 7 heteroatoms. The van der Waals surface area contributed by atoms with E-state index in [1.165, 1.54) is 0 Å². The summed E-state index contributed by atoms with van der Waals surface area (Å²) < 4.78 is 5.56. The van der Waals surface area contributed by atoms with E-state index in [0.717, 1.165) is 33.1 Å². The van der Waals surface area contributed by atoms with Crippen LogP contribution in [0.2, 0.25) is 5.02 Å². The maximum atomic E-state index is 6.25. The average molecular weight is 368 g/mol. The molecule has 0 bridgehead atoms. The van der Waals surface area contributed by atoms with Crippen molar-refractivity contribution in [2.24, 2.45) is 5.10 Å². The predicted octanol–water partition coefficient (Wildman–Crippen LogP) is 3.96. The molecule has 0 unspecified atom stereocenters. The summed E-state index contributed by atoms with van der Waals surface area (Å²) in [5.74, 6) is 0.781. The molecule has 0 atom stereocenters. The van der Waals surface area contributed by atoms with Gasteiger partial charge in [0, 0.05) is 35.0 Å². The Morgan fingerprint density at radius 3 is 2.88 bits per heavy atom. The first-order valence-electron chi connectivity index (χ1n) is 8.21. The van der Waals surface area contributed by atoms with Crippen molar-refractivity contribution in [2.45, 2.75) is 6.54 Å². The average Bonchev–Trinajstić information content (AvgIpc) is 3.35. The summed E-state index contributed by atoms with van der Waals surface area (Å²) in [6.45, 7) is 1.36. The van der Waals surface area contributed by atoms with Crippen LogP contribution in [0.5, 0.6) is 5.75 Å². The number of H-pyrrole nitrogens is 1. The van der Waals surface area contributed by atoms with Crippen LogP contribution in [-0.2, 0) is 6.54 Å². The predicted molar refractivity (Wildman–Crippen MR) is 103 cm³/mol. The van der Waals surface area contributed by atoms with E-state index in [0.29, 0.717) is 13.2 Å². The summed E-state index contributed by atoms with van der Waals surface area (Å²) >= 11 is 6.25. The van der Waals surface area contributed by atoms with E-state index < -0.39 is 0 Å². The van der Waals surface area contributed by atoms with Gasteiger partial charge in [0.1, 0.15) is 18.8 Å². The second-order valence-corrected chi connectivity index (χ2v) is 6.39. The first kappa shape index (κ1) is 16.5. The Kier molecular flexibility index (Phi) is 4.50. The van der Waals surface area contributed by atoms with Gasteiger partial charge in [-0.1, -0.05) is 29.8 Å². The summed E-state index contributed by atoms with van der Waals surface area (Å²) in [5.41, 5.74) is 4.02. The van der Waals surface area contributed by atoms with Crippen LogP contribution in [0, 0.1) is 0 Å². The molecular formula is C19H18ClN5O. The number of ether oxygens (including phenoxy) is 1. The molecule has 0 aliphatic carbocycles. The van der Waals surface area contributed by atoms with Gasteiger partial charge < -0.3 is 9.64 Å². The highest BCUT2D eigenvalue weighted by molar-refractivity contribution is 6.31. The molecule has 26 heavy (non-hydrogen) atoms. The van der Waals surface area contributed by atoms with Crippen LogP contribution in [0.15, 0.2) is 60.0 Å². The van der Waals surface area contributed by atoms with Crippen LogP contribution >= 0.6 is 11.6 Å². The topological polar surface area (TPSA) is 56.8 Å². The van der Waals surface area contributed by atoms with E-state index in [-0.39, 0.29) is 0 Å². The molecule has 6 nitrogen and oxygen atoms in total. The third-order valence-corrected chi connectivity index (χ3v) is 4.66. The van der Waals surface area contributed by atoms with Crippen LogP contribution in [0.25, 0.3) is 11.1 Å².